The van der Waals surface area contributed by atoms with Gasteiger partial charge in [-0.15, -0.1) is 0 Å². The number of nitro groups is 1. The molecule has 2 saturated heterocycles. The highest BCUT2D eigenvalue weighted by Crippen LogP contribution is 2.31. The van der Waals surface area contributed by atoms with E-state index in [2.05, 4.69) is 0 Å². The van der Waals surface area contributed by atoms with Crippen LogP contribution in [0.4, 0.5) is 5.69 Å². The highest BCUT2D eigenvalue weighted by molar-refractivity contribution is 7.89. The minimum atomic E-state index is -4.11. The van der Waals surface area contributed by atoms with Crippen molar-refractivity contribution in [1.82, 2.24) is 9.21 Å². The van der Waals surface area contributed by atoms with Crippen LogP contribution in [0.3, 0.4) is 0 Å². The van der Waals surface area contributed by atoms with Crippen LogP contribution in [0.2, 0.25) is 0 Å². The van der Waals surface area contributed by atoms with Gasteiger partial charge in [0.1, 0.15) is 12.1 Å². The Labute approximate surface area is 184 Å². The molecule has 32 heavy (non-hydrogen) atoms. The number of amides is 1. The Hall–Kier alpha value is -3.31. The first-order chi connectivity index (χ1) is 15.2. The number of hydrogen-bond donors (Lipinski definition) is 0. The van der Waals surface area contributed by atoms with Crippen LogP contribution in [0.5, 0.6) is 0 Å². The van der Waals surface area contributed by atoms with E-state index < -0.39 is 45.1 Å². The average molecular weight is 459 g/mol. The largest absolute Gasteiger partial charge is 0.440 e. The lowest BCUT2D eigenvalue weighted by atomic mass is 10.0. The highest BCUT2D eigenvalue weighted by Gasteiger charge is 2.50. The molecule has 3 atom stereocenters. The molecule has 2 fully saturated rings. The molecule has 0 saturated carbocycles. The molecule has 1 amide bonds. The second kappa shape index (κ2) is 8.32. The lowest BCUT2D eigenvalue weighted by Gasteiger charge is -2.28. The van der Waals surface area contributed by atoms with Gasteiger partial charge in [-0.2, -0.15) is 4.31 Å². The maximum absolute atomic E-state index is 13.3. The molecule has 11 heteroatoms. The van der Waals surface area contributed by atoms with E-state index in [9.17, 15) is 28.1 Å². The van der Waals surface area contributed by atoms with Crippen LogP contribution in [0.15, 0.2) is 59.5 Å². The Morgan fingerprint density at radius 1 is 1.09 bits per heavy atom. The Kier molecular flexibility index (Phi) is 5.70. The zero-order chi connectivity index (χ0) is 23.0. The normalized spacial score (nSPS) is 24.0. The molecule has 0 aromatic heterocycles. The van der Waals surface area contributed by atoms with E-state index in [1.807, 2.05) is 30.3 Å². The summed E-state index contributed by atoms with van der Waals surface area (Å²) in [6, 6.07) is 11.8. The minimum absolute atomic E-state index is 0.0429. The fourth-order valence-corrected chi connectivity index (χ4v) is 5.67. The molecule has 4 rings (SSSR count). The standard InChI is InChI=1S/C21H21N3O7S/c1-14-20(25)23-18(13-15-5-3-2-4-6-15)21(26)31-19(23)11-12-22(14)32(29,30)17-9-7-16(8-10-17)24(27)28/h2-10,14,18-19H,11-13H2,1H3/t14-,18-,19-/m0/s1. The second-order valence-electron chi connectivity index (χ2n) is 7.67. The highest BCUT2D eigenvalue weighted by atomic mass is 32.2. The molecular weight excluding hydrogens is 438 g/mol. The summed E-state index contributed by atoms with van der Waals surface area (Å²) in [4.78, 5) is 37.2. The second-order valence-corrected chi connectivity index (χ2v) is 9.56. The summed E-state index contributed by atoms with van der Waals surface area (Å²) in [6.07, 6.45) is -0.452. The number of nitro benzene ring substituents is 1. The Bertz CT molecular complexity index is 1150. The smallest absolute Gasteiger partial charge is 0.331 e. The molecule has 10 nitrogen and oxygen atoms in total. The molecule has 0 aliphatic carbocycles. The topological polar surface area (TPSA) is 127 Å². The van der Waals surface area contributed by atoms with Crippen LogP contribution in [0.1, 0.15) is 18.9 Å². The molecule has 2 heterocycles. The van der Waals surface area contributed by atoms with Gasteiger partial charge in [-0.3, -0.25) is 19.8 Å². The molecule has 0 spiro atoms. The van der Waals surface area contributed by atoms with Crippen molar-refractivity contribution in [2.75, 3.05) is 6.54 Å². The molecule has 168 valence electrons. The van der Waals surface area contributed by atoms with Gasteiger partial charge in [-0.1, -0.05) is 30.3 Å². The van der Waals surface area contributed by atoms with E-state index in [4.69, 9.17) is 4.74 Å². The van der Waals surface area contributed by atoms with Crippen molar-refractivity contribution in [2.45, 2.75) is 43.0 Å². The van der Waals surface area contributed by atoms with Gasteiger partial charge in [0.05, 0.1) is 9.82 Å². The fraction of sp³-hybridized carbons (Fsp3) is 0.333. The summed E-state index contributed by atoms with van der Waals surface area (Å²) >= 11 is 0. The predicted molar refractivity (Wildman–Crippen MR) is 112 cm³/mol. The van der Waals surface area contributed by atoms with E-state index in [1.54, 1.807) is 0 Å². The maximum Gasteiger partial charge on any atom is 0.331 e. The number of rotatable bonds is 5. The summed E-state index contributed by atoms with van der Waals surface area (Å²) in [5.74, 6) is -1.03. The number of carbonyl (C=O) groups is 2. The zero-order valence-corrected chi connectivity index (χ0v) is 18.0. The van der Waals surface area contributed by atoms with Crippen LogP contribution in [-0.2, 0) is 30.8 Å². The van der Waals surface area contributed by atoms with Crippen molar-refractivity contribution in [3.8, 4) is 0 Å². The van der Waals surface area contributed by atoms with Crippen molar-refractivity contribution >= 4 is 27.6 Å². The third kappa shape index (κ3) is 3.84. The molecule has 2 aliphatic heterocycles. The van der Waals surface area contributed by atoms with E-state index in [0.29, 0.717) is 0 Å². The first-order valence-electron chi connectivity index (χ1n) is 10.0. The molecule has 0 bridgehead atoms. The van der Waals surface area contributed by atoms with Gasteiger partial charge in [-0.05, 0) is 24.6 Å². The van der Waals surface area contributed by atoms with Crippen molar-refractivity contribution in [3.05, 3.63) is 70.3 Å². The predicted octanol–water partition coefficient (Wildman–Crippen LogP) is 1.70. The molecule has 2 aliphatic rings. The first-order valence-corrected chi connectivity index (χ1v) is 11.5. The number of non-ortho nitro benzene ring substituents is 1. The van der Waals surface area contributed by atoms with Gasteiger partial charge in [-0.25, -0.2) is 13.2 Å². The number of benzene rings is 2. The summed E-state index contributed by atoms with van der Waals surface area (Å²) in [5.41, 5.74) is 0.621. The zero-order valence-electron chi connectivity index (χ0n) is 17.2. The number of esters is 1. The first kappa shape index (κ1) is 21.9. The molecule has 0 N–H and O–H groups in total. The monoisotopic (exact) mass is 459 g/mol. The van der Waals surface area contributed by atoms with Crippen molar-refractivity contribution in [1.29, 1.82) is 0 Å². The van der Waals surface area contributed by atoms with E-state index in [-0.39, 0.29) is 30.0 Å². The van der Waals surface area contributed by atoms with Gasteiger partial charge in [0, 0.05) is 31.5 Å². The van der Waals surface area contributed by atoms with E-state index in [1.165, 1.54) is 11.8 Å². The lowest BCUT2D eigenvalue weighted by molar-refractivity contribution is -0.384. The Balaban J connectivity index is 1.61. The summed E-state index contributed by atoms with van der Waals surface area (Å²) in [7, 11) is -4.11. The summed E-state index contributed by atoms with van der Waals surface area (Å²) < 4.78 is 32.9. The number of sulfonamides is 1. The van der Waals surface area contributed by atoms with E-state index in [0.717, 1.165) is 34.1 Å². The van der Waals surface area contributed by atoms with Crippen LogP contribution in [0, 0.1) is 10.1 Å². The number of ether oxygens (including phenoxy) is 1. The van der Waals surface area contributed by atoms with Crippen LogP contribution >= 0.6 is 0 Å². The van der Waals surface area contributed by atoms with Crippen LogP contribution in [-0.4, -0.2) is 59.3 Å². The van der Waals surface area contributed by atoms with Crippen molar-refractivity contribution in [3.63, 3.8) is 0 Å². The molecule has 0 radical (unpaired) electrons. The van der Waals surface area contributed by atoms with E-state index >= 15 is 0 Å². The third-order valence-corrected chi connectivity index (χ3v) is 7.72. The quantitative estimate of drug-likeness (QED) is 0.378. The van der Waals surface area contributed by atoms with Crippen molar-refractivity contribution in [2.24, 2.45) is 0 Å². The fourth-order valence-electron chi connectivity index (χ4n) is 4.07. The number of carbonyl (C=O) groups excluding carboxylic acids is 2. The van der Waals surface area contributed by atoms with Crippen LogP contribution < -0.4 is 0 Å². The Morgan fingerprint density at radius 3 is 2.38 bits per heavy atom. The molecule has 0 unspecified atom stereocenters. The SMILES string of the molecule is C[C@H]1C(=O)N2[C@H](CCN1S(=O)(=O)c1ccc([N+](=O)[O-])cc1)OC(=O)[C@@H]2Cc1ccccc1. The minimum Gasteiger partial charge on any atom is -0.440 e. The van der Waals surface area contributed by atoms with Gasteiger partial charge in [0.25, 0.3) is 5.69 Å². The summed E-state index contributed by atoms with van der Waals surface area (Å²) in [6.45, 7) is 1.43. The average Bonchev–Trinajstić information content (AvgIpc) is 3.01. The molecule has 2 aromatic rings. The van der Waals surface area contributed by atoms with Gasteiger partial charge in [0.15, 0.2) is 6.23 Å². The Morgan fingerprint density at radius 2 is 1.75 bits per heavy atom. The number of hydrogen-bond acceptors (Lipinski definition) is 7. The van der Waals surface area contributed by atoms with Crippen molar-refractivity contribution < 1.29 is 27.7 Å². The number of nitrogens with zero attached hydrogens (tertiary/aromatic N) is 3. The van der Waals surface area contributed by atoms with Gasteiger partial charge >= 0.3 is 5.97 Å². The van der Waals surface area contributed by atoms with Crippen LogP contribution in [0.25, 0.3) is 0 Å². The molecule has 2 aromatic carbocycles. The summed E-state index contributed by atoms with van der Waals surface area (Å²) in [5, 5.41) is 10.9. The third-order valence-electron chi connectivity index (χ3n) is 5.74. The lowest BCUT2D eigenvalue weighted by Crippen LogP contribution is -2.50. The van der Waals surface area contributed by atoms with Gasteiger partial charge < -0.3 is 4.74 Å². The molecular formula is C21H21N3O7S. The van der Waals surface area contributed by atoms with Gasteiger partial charge in [0.2, 0.25) is 15.9 Å². The maximum atomic E-state index is 13.3. The number of fused-ring (bicyclic) bond motifs is 1.